The first-order valence-corrected chi connectivity index (χ1v) is 6.53. The Bertz CT molecular complexity index is 318. The van der Waals surface area contributed by atoms with Crippen molar-refractivity contribution in [3.8, 4) is 5.75 Å². The van der Waals surface area contributed by atoms with Gasteiger partial charge >= 0.3 is 0 Å². The number of hydrogen-bond donors (Lipinski definition) is 1. The van der Waals surface area contributed by atoms with Gasteiger partial charge in [-0.3, -0.25) is 0 Å². The molecule has 0 radical (unpaired) electrons. The normalized spacial score (nSPS) is 14.2. The summed E-state index contributed by atoms with van der Waals surface area (Å²) in [6, 6.07) is 4.18. The molecule has 0 amide bonds. The smallest absolute Gasteiger partial charge is 0.168 e. The molecule has 16 heavy (non-hydrogen) atoms. The second-order valence-corrected chi connectivity index (χ2v) is 5.41. The minimum atomic E-state index is 0.364. The van der Waals surface area contributed by atoms with Gasteiger partial charge in [0, 0.05) is 17.1 Å². The highest BCUT2D eigenvalue weighted by Crippen LogP contribution is 2.22. The van der Waals surface area contributed by atoms with Gasteiger partial charge in [-0.25, -0.2) is 4.98 Å². The van der Waals surface area contributed by atoms with E-state index in [0.717, 1.165) is 18.0 Å². The van der Waals surface area contributed by atoms with Gasteiger partial charge in [0.15, 0.2) is 11.6 Å². The van der Waals surface area contributed by atoms with Crippen molar-refractivity contribution in [3.05, 3.63) is 18.3 Å². The Kier molecular flexibility index (Phi) is 5.60. The third-order valence-electron chi connectivity index (χ3n) is 2.13. The number of aromatic nitrogens is 1. The third kappa shape index (κ3) is 4.39. The van der Waals surface area contributed by atoms with Crippen molar-refractivity contribution >= 4 is 21.7 Å². The lowest BCUT2D eigenvalue weighted by Gasteiger charge is -2.17. The maximum absolute atomic E-state index is 5.51. The molecule has 90 valence electrons. The zero-order chi connectivity index (χ0) is 12.0. The molecule has 0 aliphatic heterocycles. The number of hydrogen-bond acceptors (Lipinski definition) is 3. The molecular formula is C12H19BrN2O. The molecule has 1 heterocycles. The number of ether oxygens (including phenoxy) is 1. The van der Waals surface area contributed by atoms with Crippen molar-refractivity contribution in [3.63, 3.8) is 0 Å². The molecule has 1 N–H and O–H groups in total. The standard InChI is InChI=1S/C12H19BrN2O/c1-4-16-11-6-5-7-14-12(11)15-10(3)8-9(2)13/h5-7,9-10H,4,8H2,1-3H3,(H,14,15). The van der Waals surface area contributed by atoms with Crippen molar-refractivity contribution in [1.29, 1.82) is 0 Å². The number of pyridine rings is 1. The van der Waals surface area contributed by atoms with E-state index in [9.17, 15) is 0 Å². The van der Waals surface area contributed by atoms with Gasteiger partial charge in [0.1, 0.15) is 0 Å². The van der Waals surface area contributed by atoms with Crippen molar-refractivity contribution in [2.45, 2.75) is 38.1 Å². The van der Waals surface area contributed by atoms with Crippen molar-refractivity contribution in [2.24, 2.45) is 0 Å². The van der Waals surface area contributed by atoms with Crippen LogP contribution in [0.4, 0.5) is 5.82 Å². The molecule has 3 nitrogen and oxygen atoms in total. The topological polar surface area (TPSA) is 34.1 Å². The summed E-state index contributed by atoms with van der Waals surface area (Å²) in [5, 5.41) is 3.36. The summed E-state index contributed by atoms with van der Waals surface area (Å²) in [6.07, 6.45) is 2.82. The Morgan fingerprint density at radius 1 is 1.50 bits per heavy atom. The molecule has 4 heteroatoms. The van der Waals surface area contributed by atoms with Gasteiger partial charge in [-0.15, -0.1) is 0 Å². The molecule has 0 saturated heterocycles. The van der Waals surface area contributed by atoms with Crippen LogP contribution in [0.3, 0.4) is 0 Å². The summed E-state index contributed by atoms with van der Waals surface area (Å²) in [6.45, 7) is 6.91. The van der Waals surface area contributed by atoms with Crippen LogP contribution >= 0.6 is 15.9 Å². The molecule has 1 aromatic heterocycles. The number of nitrogens with zero attached hydrogens (tertiary/aromatic N) is 1. The molecule has 1 rings (SSSR count). The van der Waals surface area contributed by atoms with E-state index in [0.29, 0.717) is 17.5 Å². The van der Waals surface area contributed by atoms with Crippen LogP contribution in [0.5, 0.6) is 5.75 Å². The molecule has 0 saturated carbocycles. The number of halogens is 1. The van der Waals surface area contributed by atoms with E-state index in [1.807, 2.05) is 19.1 Å². The average molecular weight is 287 g/mol. The monoisotopic (exact) mass is 286 g/mol. The molecule has 0 bridgehead atoms. The number of rotatable bonds is 6. The highest BCUT2D eigenvalue weighted by molar-refractivity contribution is 9.09. The highest BCUT2D eigenvalue weighted by Gasteiger charge is 2.09. The first-order chi connectivity index (χ1) is 7.63. The lowest BCUT2D eigenvalue weighted by molar-refractivity contribution is 0.340. The maximum atomic E-state index is 5.51. The summed E-state index contributed by atoms with van der Waals surface area (Å²) < 4.78 is 5.51. The summed E-state index contributed by atoms with van der Waals surface area (Å²) in [5.74, 6) is 1.64. The van der Waals surface area contributed by atoms with Gasteiger partial charge in [-0.1, -0.05) is 22.9 Å². The van der Waals surface area contributed by atoms with Crippen LogP contribution < -0.4 is 10.1 Å². The zero-order valence-corrected chi connectivity index (χ0v) is 11.6. The Morgan fingerprint density at radius 3 is 2.88 bits per heavy atom. The van der Waals surface area contributed by atoms with Crippen LogP contribution in [0.15, 0.2) is 18.3 Å². The minimum absolute atomic E-state index is 0.364. The molecule has 0 fully saturated rings. The van der Waals surface area contributed by atoms with Gasteiger partial charge < -0.3 is 10.1 Å². The van der Waals surface area contributed by atoms with Crippen molar-refractivity contribution in [1.82, 2.24) is 4.98 Å². The lowest BCUT2D eigenvalue weighted by atomic mass is 10.2. The Hall–Kier alpha value is -0.770. The quantitative estimate of drug-likeness (QED) is 0.814. The van der Waals surface area contributed by atoms with Gasteiger partial charge in [0.05, 0.1) is 6.61 Å². The second kappa shape index (κ2) is 6.74. The van der Waals surface area contributed by atoms with E-state index in [-0.39, 0.29) is 0 Å². The fraction of sp³-hybridized carbons (Fsp3) is 0.583. The molecule has 0 aliphatic carbocycles. The molecule has 2 atom stereocenters. The van der Waals surface area contributed by atoms with E-state index >= 15 is 0 Å². The average Bonchev–Trinajstić information content (AvgIpc) is 2.20. The fourth-order valence-corrected chi connectivity index (χ4v) is 2.11. The van der Waals surface area contributed by atoms with Crippen LogP contribution in [-0.4, -0.2) is 22.5 Å². The first kappa shape index (κ1) is 13.3. The van der Waals surface area contributed by atoms with Gasteiger partial charge in [0.2, 0.25) is 0 Å². The van der Waals surface area contributed by atoms with Crippen LogP contribution in [0, 0.1) is 0 Å². The highest BCUT2D eigenvalue weighted by atomic mass is 79.9. The zero-order valence-electron chi connectivity index (χ0n) is 10.0. The molecule has 2 unspecified atom stereocenters. The van der Waals surface area contributed by atoms with Crippen LogP contribution in [0.2, 0.25) is 0 Å². The number of nitrogens with one attached hydrogen (secondary N) is 1. The van der Waals surface area contributed by atoms with Crippen molar-refractivity contribution < 1.29 is 4.74 Å². The summed E-state index contributed by atoms with van der Waals surface area (Å²) in [4.78, 5) is 4.79. The number of anilines is 1. The van der Waals surface area contributed by atoms with Crippen molar-refractivity contribution in [2.75, 3.05) is 11.9 Å². The van der Waals surface area contributed by atoms with E-state index in [1.165, 1.54) is 0 Å². The predicted molar refractivity (Wildman–Crippen MR) is 71.5 cm³/mol. The maximum Gasteiger partial charge on any atom is 0.168 e. The van der Waals surface area contributed by atoms with Gasteiger partial charge in [0.25, 0.3) is 0 Å². The van der Waals surface area contributed by atoms with E-state index in [4.69, 9.17) is 4.74 Å². The van der Waals surface area contributed by atoms with Gasteiger partial charge in [-0.05, 0) is 32.4 Å². The Balaban J connectivity index is 2.64. The molecule has 1 aromatic rings. The largest absolute Gasteiger partial charge is 0.490 e. The van der Waals surface area contributed by atoms with Gasteiger partial charge in [-0.2, -0.15) is 0 Å². The first-order valence-electron chi connectivity index (χ1n) is 5.62. The number of alkyl halides is 1. The van der Waals surface area contributed by atoms with Crippen LogP contribution in [0.25, 0.3) is 0 Å². The Morgan fingerprint density at radius 2 is 2.25 bits per heavy atom. The molecule has 0 aliphatic rings. The second-order valence-electron chi connectivity index (χ2n) is 3.85. The SMILES string of the molecule is CCOc1cccnc1NC(C)CC(C)Br. The predicted octanol–water partition coefficient (Wildman–Crippen LogP) is 3.45. The Labute approximate surface area is 106 Å². The summed E-state index contributed by atoms with van der Waals surface area (Å²) >= 11 is 3.55. The van der Waals surface area contributed by atoms with E-state index < -0.39 is 0 Å². The lowest BCUT2D eigenvalue weighted by Crippen LogP contribution is -2.19. The molecule has 0 aromatic carbocycles. The summed E-state index contributed by atoms with van der Waals surface area (Å²) in [7, 11) is 0. The minimum Gasteiger partial charge on any atom is -0.490 e. The molecular weight excluding hydrogens is 268 g/mol. The van der Waals surface area contributed by atoms with Crippen LogP contribution in [-0.2, 0) is 0 Å². The molecule has 0 spiro atoms. The summed E-state index contributed by atoms with van der Waals surface area (Å²) in [5.41, 5.74) is 0. The fourth-order valence-electron chi connectivity index (χ4n) is 1.55. The third-order valence-corrected chi connectivity index (χ3v) is 2.51. The van der Waals surface area contributed by atoms with E-state index in [1.54, 1.807) is 6.20 Å². The van der Waals surface area contributed by atoms with E-state index in [2.05, 4.69) is 40.1 Å². The van der Waals surface area contributed by atoms with Crippen LogP contribution in [0.1, 0.15) is 27.2 Å².